The van der Waals surface area contributed by atoms with Crippen LogP contribution in [-0.4, -0.2) is 18.4 Å². The zero-order valence-corrected chi connectivity index (χ0v) is 17.9. The maximum Gasteiger partial charge on any atom is 0.311 e. The van der Waals surface area contributed by atoms with Crippen LogP contribution in [0.1, 0.15) is 94.9 Å². The van der Waals surface area contributed by atoms with Gasteiger partial charge in [-0.05, 0) is 30.6 Å². The molecule has 0 amide bonds. The van der Waals surface area contributed by atoms with Crippen molar-refractivity contribution in [3.63, 3.8) is 0 Å². The second-order valence-corrected chi connectivity index (χ2v) is 9.82. The standard InChI is InChI=1S/C21H42O3/c1-11-12-13-16(4)23-19(15(2)3)24-18(22)17(21(8,9)10)14-20(5,6)7/h15-17,19H,11-14H2,1-10H3. The third kappa shape index (κ3) is 9.66. The van der Waals surface area contributed by atoms with E-state index in [4.69, 9.17) is 9.47 Å². The van der Waals surface area contributed by atoms with E-state index in [0.29, 0.717) is 0 Å². The van der Waals surface area contributed by atoms with Gasteiger partial charge in [-0.1, -0.05) is 75.2 Å². The van der Waals surface area contributed by atoms with Gasteiger partial charge < -0.3 is 9.47 Å². The van der Waals surface area contributed by atoms with E-state index in [1.54, 1.807) is 0 Å². The Balaban J connectivity index is 5.00. The first-order chi connectivity index (χ1) is 10.8. The van der Waals surface area contributed by atoms with Crippen molar-refractivity contribution in [2.45, 2.75) is 107 Å². The van der Waals surface area contributed by atoms with Gasteiger partial charge in [-0.3, -0.25) is 4.79 Å². The van der Waals surface area contributed by atoms with E-state index in [1.807, 2.05) is 13.8 Å². The second kappa shape index (κ2) is 9.79. The summed E-state index contributed by atoms with van der Waals surface area (Å²) in [6.07, 6.45) is 3.74. The Morgan fingerprint density at radius 2 is 1.54 bits per heavy atom. The van der Waals surface area contributed by atoms with Crippen LogP contribution >= 0.6 is 0 Å². The molecule has 0 aliphatic rings. The fourth-order valence-corrected chi connectivity index (χ4v) is 2.66. The van der Waals surface area contributed by atoms with Crippen molar-refractivity contribution in [1.82, 2.24) is 0 Å². The first kappa shape index (κ1) is 23.4. The predicted octanol–water partition coefficient (Wildman–Crippen LogP) is 6.21. The smallest absolute Gasteiger partial charge is 0.311 e. The molecular formula is C21H42O3. The summed E-state index contributed by atoms with van der Waals surface area (Å²) in [6, 6.07) is 0. The average molecular weight is 343 g/mol. The average Bonchev–Trinajstić information content (AvgIpc) is 2.39. The summed E-state index contributed by atoms with van der Waals surface area (Å²) in [4.78, 5) is 12.9. The van der Waals surface area contributed by atoms with E-state index in [-0.39, 0.29) is 34.7 Å². The topological polar surface area (TPSA) is 35.5 Å². The minimum atomic E-state index is -0.464. The summed E-state index contributed by atoms with van der Waals surface area (Å²) >= 11 is 0. The number of unbranched alkanes of at least 4 members (excludes halogenated alkanes) is 1. The predicted molar refractivity (Wildman–Crippen MR) is 102 cm³/mol. The van der Waals surface area contributed by atoms with Crippen LogP contribution in [0, 0.1) is 22.7 Å². The molecule has 0 heterocycles. The van der Waals surface area contributed by atoms with E-state index in [2.05, 4.69) is 55.4 Å². The highest BCUT2D eigenvalue weighted by Gasteiger charge is 2.37. The van der Waals surface area contributed by atoms with Crippen LogP contribution in [0.5, 0.6) is 0 Å². The largest absolute Gasteiger partial charge is 0.435 e. The van der Waals surface area contributed by atoms with Crippen molar-refractivity contribution in [2.75, 3.05) is 0 Å². The summed E-state index contributed by atoms with van der Waals surface area (Å²) in [7, 11) is 0. The van der Waals surface area contributed by atoms with Crippen LogP contribution in [0.15, 0.2) is 0 Å². The zero-order valence-electron chi connectivity index (χ0n) is 17.9. The number of esters is 1. The Morgan fingerprint density at radius 3 is 1.92 bits per heavy atom. The van der Waals surface area contributed by atoms with Gasteiger partial charge >= 0.3 is 5.97 Å². The molecule has 0 aromatic heterocycles. The van der Waals surface area contributed by atoms with Crippen molar-refractivity contribution in [3.05, 3.63) is 0 Å². The molecule has 0 radical (unpaired) electrons. The number of hydrogen-bond acceptors (Lipinski definition) is 3. The minimum Gasteiger partial charge on any atom is -0.435 e. The molecule has 0 aromatic carbocycles. The van der Waals surface area contributed by atoms with Crippen LogP contribution in [-0.2, 0) is 14.3 Å². The van der Waals surface area contributed by atoms with Gasteiger partial charge in [-0.15, -0.1) is 0 Å². The molecule has 3 unspecified atom stereocenters. The van der Waals surface area contributed by atoms with Crippen molar-refractivity contribution in [1.29, 1.82) is 0 Å². The molecule has 3 nitrogen and oxygen atoms in total. The van der Waals surface area contributed by atoms with Gasteiger partial charge in [0, 0.05) is 5.92 Å². The van der Waals surface area contributed by atoms with Crippen molar-refractivity contribution in [3.8, 4) is 0 Å². The summed E-state index contributed by atoms with van der Waals surface area (Å²) in [5, 5.41) is 0. The van der Waals surface area contributed by atoms with Crippen molar-refractivity contribution >= 4 is 5.97 Å². The van der Waals surface area contributed by atoms with E-state index in [0.717, 1.165) is 25.7 Å². The first-order valence-electron chi connectivity index (χ1n) is 9.64. The second-order valence-electron chi connectivity index (χ2n) is 9.82. The Kier molecular flexibility index (Phi) is 9.56. The zero-order chi connectivity index (χ0) is 19.1. The first-order valence-corrected chi connectivity index (χ1v) is 9.64. The highest BCUT2D eigenvalue weighted by atomic mass is 16.7. The molecule has 0 saturated carbocycles. The molecule has 0 rings (SSSR count). The number of ether oxygens (including phenoxy) is 2. The van der Waals surface area contributed by atoms with E-state index in [1.165, 1.54) is 0 Å². The molecule has 0 spiro atoms. The van der Waals surface area contributed by atoms with Crippen LogP contribution in [0.25, 0.3) is 0 Å². The number of carbonyl (C=O) groups excluding carboxylic acids is 1. The third-order valence-corrected chi connectivity index (χ3v) is 4.25. The highest BCUT2D eigenvalue weighted by Crippen LogP contribution is 2.37. The fraction of sp³-hybridized carbons (Fsp3) is 0.952. The summed E-state index contributed by atoms with van der Waals surface area (Å²) in [5.41, 5.74) is -0.0424. The Bertz CT molecular complexity index is 360. The monoisotopic (exact) mass is 342 g/mol. The molecule has 0 aliphatic heterocycles. The number of hydrogen-bond donors (Lipinski definition) is 0. The van der Waals surface area contributed by atoms with Crippen LogP contribution < -0.4 is 0 Å². The van der Waals surface area contributed by atoms with Gasteiger partial charge in [-0.2, -0.15) is 0 Å². The molecule has 3 heteroatoms. The Morgan fingerprint density at radius 1 is 1.00 bits per heavy atom. The van der Waals surface area contributed by atoms with Gasteiger partial charge in [-0.25, -0.2) is 0 Å². The number of rotatable bonds is 9. The highest BCUT2D eigenvalue weighted by molar-refractivity contribution is 5.73. The lowest BCUT2D eigenvalue weighted by Crippen LogP contribution is -2.38. The third-order valence-electron chi connectivity index (χ3n) is 4.25. The van der Waals surface area contributed by atoms with Gasteiger partial charge in [0.2, 0.25) is 6.29 Å². The molecule has 144 valence electrons. The quantitative estimate of drug-likeness (QED) is 0.369. The Hall–Kier alpha value is -0.570. The lowest BCUT2D eigenvalue weighted by atomic mass is 9.72. The van der Waals surface area contributed by atoms with E-state index in [9.17, 15) is 4.79 Å². The van der Waals surface area contributed by atoms with Crippen LogP contribution in [0.3, 0.4) is 0 Å². The van der Waals surface area contributed by atoms with Gasteiger partial charge in [0.05, 0.1) is 12.0 Å². The van der Waals surface area contributed by atoms with Gasteiger partial charge in [0.15, 0.2) is 0 Å². The van der Waals surface area contributed by atoms with Crippen LogP contribution in [0.2, 0.25) is 0 Å². The molecule has 3 atom stereocenters. The summed E-state index contributed by atoms with van der Waals surface area (Å²) in [6.45, 7) is 21.2. The lowest BCUT2D eigenvalue weighted by Gasteiger charge is -2.35. The number of carbonyl (C=O) groups is 1. The molecule has 0 bridgehead atoms. The molecular weight excluding hydrogens is 300 g/mol. The minimum absolute atomic E-state index is 0.0829. The molecule has 0 N–H and O–H groups in total. The normalized spacial score (nSPS) is 16.8. The van der Waals surface area contributed by atoms with Crippen molar-refractivity contribution < 1.29 is 14.3 Å². The van der Waals surface area contributed by atoms with Gasteiger partial charge in [0.25, 0.3) is 0 Å². The summed E-state index contributed by atoms with van der Waals surface area (Å²) < 4.78 is 11.9. The van der Waals surface area contributed by atoms with Gasteiger partial charge in [0.1, 0.15) is 0 Å². The molecule has 24 heavy (non-hydrogen) atoms. The molecule has 0 aliphatic carbocycles. The summed E-state index contributed by atoms with van der Waals surface area (Å²) in [5.74, 6) is -0.111. The fourth-order valence-electron chi connectivity index (χ4n) is 2.66. The SMILES string of the molecule is CCCCC(C)OC(OC(=O)C(CC(C)(C)C)C(C)(C)C)C(C)C. The Labute approximate surface area is 150 Å². The van der Waals surface area contributed by atoms with Crippen molar-refractivity contribution in [2.24, 2.45) is 22.7 Å². The maximum atomic E-state index is 12.9. The lowest BCUT2D eigenvalue weighted by molar-refractivity contribution is -0.208. The maximum absolute atomic E-state index is 12.9. The van der Waals surface area contributed by atoms with E-state index < -0.39 is 6.29 Å². The molecule has 0 fully saturated rings. The molecule has 0 aromatic rings. The van der Waals surface area contributed by atoms with E-state index >= 15 is 0 Å². The molecule has 0 saturated heterocycles. The van der Waals surface area contributed by atoms with Crippen LogP contribution in [0.4, 0.5) is 0 Å².